The van der Waals surface area contributed by atoms with Gasteiger partial charge in [-0.25, -0.2) is 4.79 Å². The number of nitrogens with one attached hydrogen (secondary N) is 1. The largest absolute Gasteiger partial charge is 0.487 e. The van der Waals surface area contributed by atoms with Crippen LogP contribution >= 0.6 is 0 Å². The Labute approximate surface area is 184 Å². The molecular formula is C25H32N2O4. The maximum Gasteiger partial charge on any atom is 0.322 e. The second kappa shape index (κ2) is 10.6. The molecule has 2 aromatic rings. The normalized spacial score (nSPS) is 20.5. The van der Waals surface area contributed by atoms with Crippen LogP contribution in [0.15, 0.2) is 48.5 Å². The first-order valence-corrected chi connectivity index (χ1v) is 11.2. The van der Waals surface area contributed by atoms with Gasteiger partial charge in [-0.1, -0.05) is 36.4 Å². The minimum atomic E-state index is -0.139. The first kappa shape index (κ1) is 21.7. The Morgan fingerprint density at radius 2 is 1.71 bits per heavy atom. The molecule has 2 aliphatic rings. The number of rotatable bonds is 8. The lowest BCUT2D eigenvalue weighted by atomic mass is 10.2. The van der Waals surface area contributed by atoms with Gasteiger partial charge in [-0.3, -0.25) is 0 Å². The lowest BCUT2D eigenvalue weighted by Crippen LogP contribution is -2.44. The number of hydrogen-bond donors (Lipinski definition) is 1. The second-order valence-electron chi connectivity index (χ2n) is 8.38. The fraction of sp³-hybridized carbons (Fsp3) is 0.480. The Kier molecular flexibility index (Phi) is 7.43. The number of anilines is 1. The Balaban J connectivity index is 1.45. The monoisotopic (exact) mass is 424 g/mol. The Morgan fingerprint density at radius 3 is 2.32 bits per heavy atom. The molecule has 2 unspecified atom stereocenters. The number of carbonyl (C=O) groups excluding carboxylic acids is 1. The highest BCUT2D eigenvalue weighted by molar-refractivity contribution is 5.91. The highest BCUT2D eigenvalue weighted by Crippen LogP contribution is 2.27. The molecule has 6 nitrogen and oxygen atoms in total. The summed E-state index contributed by atoms with van der Waals surface area (Å²) in [5, 5.41) is 3.07. The minimum absolute atomic E-state index is 0.0963. The summed E-state index contributed by atoms with van der Waals surface area (Å²) >= 11 is 0. The Hall–Kier alpha value is -2.57. The van der Waals surface area contributed by atoms with E-state index in [1.54, 1.807) is 0 Å². The van der Waals surface area contributed by atoms with E-state index < -0.39 is 0 Å². The maximum absolute atomic E-state index is 13.2. The van der Waals surface area contributed by atoms with Gasteiger partial charge in [0.15, 0.2) is 0 Å². The van der Waals surface area contributed by atoms with Crippen molar-refractivity contribution in [1.29, 1.82) is 0 Å². The summed E-state index contributed by atoms with van der Waals surface area (Å²) in [6.45, 7) is 5.17. The zero-order chi connectivity index (χ0) is 21.5. The first-order valence-electron chi connectivity index (χ1n) is 11.2. The molecule has 2 amide bonds. The van der Waals surface area contributed by atoms with Crippen LogP contribution in [0.5, 0.6) is 5.75 Å². The van der Waals surface area contributed by atoms with E-state index in [9.17, 15) is 4.79 Å². The van der Waals surface area contributed by atoms with Crippen molar-refractivity contribution < 1.29 is 19.0 Å². The molecule has 2 saturated heterocycles. The molecule has 4 rings (SSSR count). The average Bonchev–Trinajstić information content (AvgIpc) is 3.48. The van der Waals surface area contributed by atoms with Crippen LogP contribution in [0.1, 0.15) is 36.8 Å². The number of benzene rings is 2. The van der Waals surface area contributed by atoms with Crippen LogP contribution in [0.3, 0.4) is 0 Å². The standard InChI is InChI=1S/C25H32N2O4/c1-19-11-12-23(24(15-19)31-18-20-7-3-2-4-8-20)26-25(28)27(16-21-9-5-13-29-21)17-22-10-6-14-30-22/h2-4,7-8,11-12,15,21-22H,5-6,9-10,13-14,16-18H2,1H3,(H,26,28). The van der Waals surface area contributed by atoms with Crippen LogP contribution < -0.4 is 10.1 Å². The molecule has 2 heterocycles. The number of urea groups is 1. The van der Waals surface area contributed by atoms with Gasteiger partial charge in [0.05, 0.1) is 17.9 Å². The van der Waals surface area contributed by atoms with Crippen LogP contribution in [0.2, 0.25) is 0 Å². The second-order valence-corrected chi connectivity index (χ2v) is 8.38. The summed E-state index contributed by atoms with van der Waals surface area (Å²) in [6.07, 6.45) is 4.28. The lowest BCUT2D eigenvalue weighted by Gasteiger charge is -2.28. The molecule has 0 radical (unpaired) electrons. The van der Waals surface area contributed by atoms with Gasteiger partial charge in [0.25, 0.3) is 0 Å². The van der Waals surface area contributed by atoms with E-state index in [1.807, 2.05) is 60.4 Å². The third kappa shape index (κ3) is 6.21. The molecule has 2 atom stereocenters. The molecular weight excluding hydrogens is 392 g/mol. The molecule has 0 bridgehead atoms. The van der Waals surface area contributed by atoms with E-state index in [0.717, 1.165) is 50.0 Å². The van der Waals surface area contributed by atoms with Crippen LogP contribution in [-0.4, -0.2) is 49.4 Å². The van der Waals surface area contributed by atoms with Crippen molar-refractivity contribution in [2.24, 2.45) is 0 Å². The van der Waals surface area contributed by atoms with Gasteiger partial charge in [0, 0.05) is 26.3 Å². The highest BCUT2D eigenvalue weighted by Gasteiger charge is 2.27. The van der Waals surface area contributed by atoms with Crippen molar-refractivity contribution in [2.75, 3.05) is 31.6 Å². The maximum atomic E-state index is 13.2. The fourth-order valence-corrected chi connectivity index (χ4v) is 4.09. The van der Waals surface area contributed by atoms with Crippen LogP contribution in [0, 0.1) is 6.92 Å². The van der Waals surface area contributed by atoms with Crippen molar-refractivity contribution in [3.8, 4) is 5.75 Å². The SMILES string of the molecule is Cc1ccc(NC(=O)N(CC2CCCO2)CC2CCCO2)c(OCc2ccccc2)c1. The minimum Gasteiger partial charge on any atom is -0.487 e. The van der Waals surface area contributed by atoms with Crippen LogP contribution in [0.4, 0.5) is 10.5 Å². The molecule has 0 aliphatic carbocycles. The van der Waals surface area contributed by atoms with Crippen molar-refractivity contribution in [3.63, 3.8) is 0 Å². The number of hydrogen-bond acceptors (Lipinski definition) is 4. The van der Waals surface area contributed by atoms with Gasteiger partial charge < -0.3 is 24.4 Å². The van der Waals surface area contributed by atoms with Crippen molar-refractivity contribution in [3.05, 3.63) is 59.7 Å². The zero-order valence-corrected chi connectivity index (χ0v) is 18.2. The summed E-state index contributed by atoms with van der Waals surface area (Å²) < 4.78 is 17.6. The van der Waals surface area contributed by atoms with Gasteiger partial charge in [0.2, 0.25) is 0 Å². The van der Waals surface area contributed by atoms with E-state index in [-0.39, 0.29) is 18.2 Å². The Morgan fingerprint density at radius 1 is 1.03 bits per heavy atom. The first-order chi connectivity index (χ1) is 15.2. The van der Waals surface area contributed by atoms with Crippen molar-refractivity contribution in [2.45, 2.75) is 51.4 Å². The predicted octanol–water partition coefficient (Wildman–Crippen LogP) is 4.77. The van der Waals surface area contributed by atoms with Gasteiger partial charge in [-0.05, 0) is 55.9 Å². The molecule has 0 saturated carbocycles. The topological polar surface area (TPSA) is 60.0 Å². The van der Waals surface area contributed by atoms with Crippen LogP contribution in [0.25, 0.3) is 0 Å². The zero-order valence-electron chi connectivity index (χ0n) is 18.2. The fourth-order valence-electron chi connectivity index (χ4n) is 4.09. The van der Waals surface area contributed by atoms with Crippen molar-refractivity contribution >= 4 is 11.7 Å². The number of ether oxygens (including phenoxy) is 3. The Bertz CT molecular complexity index is 828. The van der Waals surface area contributed by atoms with Crippen LogP contribution in [-0.2, 0) is 16.1 Å². The lowest BCUT2D eigenvalue weighted by molar-refractivity contribution is 0.0524. The van der Waals surface area contributed by atoms with Gasteiger partial charge >= 0.3 is 6.03 Å². The quantitative estimate of drug-likeness (QED) is 0.663. The summed E-state index contributed by atoms with van der Waals surface area (Å²) in [4.78, 5) is 15.1. The number of carbonyl (C=O) groups is 1. The molecule has 2 aliphatic heterocycles. The van der Waals surface area contributed by atoms with Gasteiger partial charge in [-0.2, -0.15) is 0 Å². The van der Waals surface area contributed by atoms with E-state index in [0.29, 0.717) is 31.1 Å². The molecule has 31 heavy (non-hydrogen) atoms. The molecule has 2 aromatic carbocycles. The van der Waals surface area contributed by atoms with Gasteiger partial charge in [-0.15, -0.1) is 0 Å². The summed E-state index contributed by atoms with van der Waals surface area (Å²) in [5.74, 6) is 0.673. The molecule has 2 fully saturated rings. The highest BCUT2D eigenvalue weighted by atomic mass is 16.5. The van der Waals surface area contributed by atoms with E-state index in [2.05, 4.69) is 5.32 Å². The molecule has 0 spiro atoms. The predicted molar refractivity (Wildman–Crippen MR) is 120 cm³/mol. The van der Waals surface area contributed by atoms with Gasteiger partial charge in [0.1, 0.15) is 12.4 Å². The average molecular weight is 425 g/mol. The molecule has 0 aromatic heterocycles. The molecule has 6 heteroatoms. The third-order valence-corrected chi connectivity index (χ3v) is 5.80. The number of nitrogens with zero attached hydrogens (tertiary/aromatic N) is 1. The van der Waals surface area contributed by atoms with E-state index in [4.69, 9.17) is 14.2 Å². The summed E-state index contributed by atoms with van der Waals surface area (Å²) in [7, 11) is 0. The molecule has 166 valence electrons. The van der Waals surface area contributed by atoms with Crippen molar-refractivity contribution in [1.82, 2.24) is 4.90 Å². The van der Waals surface area contributed by atoms with E-state index >= 15 is 0 Å². The van der Waals surface area contributed by atoms with E-state index in [1.165, 1.54) is 0 Å². The number of aryl methyl sites for hydroxylation is 1. The summed E-state index contributed by atoms with van der Waals surface area (Å²) in [5.41, 5.74) is 2.84. The third-order valence-electron chi connectivity index (χ3n) is 5.80. The number of amides is 2. The molecule has 1 N–H and O–H groups in total. The summed E-state index contributed by atoms with van der Waals surface area (Å²) in [6, 6.07) is 15.7. The smallest absolute Gasteiger partial charge is 0.322 e.